The summed E-state index contributed by atoms with van der Waals surface area (Å²) in [5, 5.41) is 8.75. The van der Waals surface area contributed by atoms with Crippen molar-refractivity contribution in [2.24, 2.45) is 0 Å². The molecule has 3 rings (SSSR count). The Morgan fingerprint density at radius 2 is 1.88 bits per heavy atom. The minimum absolute atomic E-state index is 0.0557. The molecule has 0 bridgehead atoms. The smallest absolute Gasteiger partial charge is 0.263 e. The van der Waals surface area contributed by atoms with Crippen molar-refractivity contribution in [2.45, 2.75) is 11.3 Å². The zero-order valence-corrected chi connectivity index (χ0v) is 13.8. The van der Waals surface area contributed by atoms with Gasteiger partial charge < -0.3 is 4.98 Å². The Hall–Kier alpha value is -3.11. The molecule has 0 aliphatic carbocycles. The first-order valence-electron chi connectivity index (χ1n) is 7.41. The molecule has 0 unspecified atom stereocenters. The minimum Gasteiger partial charge on any atom is -0.366 e. The molecule has 2 N–H and O–H groups in total. The highest BCUT2D eigenvalue weighted by Crippen LogP contribution is 2.23. The summed E-state index contributed by atoms with van der Waals surface area (Å²) in [6.07, 6.45) is 3.40. The summed E-state index contributed by atoms with van der Waals surface area (Å²) < 4.78 is 41.4. The van der Waals surface area contributed by atoms with Gasteiger partial charge in [0.1, 0.15) is 10.7 Å². The fraction of sp³-hybridized carbons (Fsp3) is 0.0556. The second-order valence-electron chi connectivity index (χ2n) is 5.42. The fourth-order valence-corrected chi connectivity index (χ4v) is 3.72. The van der Waals surface area contributed by atoms with Gasteiger partial charge >= 0.3 is 0 Å². The van der Waals surface area contributed by atoms with E-state index in [4.69, 9.17) is 5.26 Å². The quantitative estimate of drug-likeness (QED) is 0.735. The van der Waals surface area contributed by atoms with Crippen LogP contribution in [0.1, 0.15) is 16.7 Å². The largest absolute Gasteiger partial charge is 0.366 e. The van der Waals surface area contributed by atoms with E-state index in [1.807, 2.05) is 30.3 Å². The Kier molecular flexibility index (Phi) is 4.55. The van der Waals surface area contributed by atoms with Crippen LogP contribution in [0.5, 0.6) is 0 Å². The lowest BCUT2D eigenvalue weighted by Gasteiger charge is -2.10. The molecule has 0 aliphatic rings. The van der Waals surface area contributed by atoms with Crippen LogP contribution in [0, 0.1) is 17.1 Å². The van der Waals surface area contributed by atoms with Crippen molar-refractivity contribution in [3.8, 4) is 6.07 Å². The molecule has 0 spiro atoms. The van der Waals surface area contributed by atoms with Gasteiger partial charge in [-0.2, -0.15) is 5.26 Å². The van der Waals surface area contributed by atoms with Crippen molar-refractivity contribution in [1.29, 1.82) is 5.26 Å². The molecule has 0 fully saturated rings. The van der Waals surface area contributed by atoms with Crippen LogP contribution in [0.4, 0.5) is 10.1 Å². The van der Waals surface area contributed by atoms with Crippen LogP contribution in [-0.4, -0.2) is 13.4 Å². The van der Waals surface area contributed by atoms with Crippen molar-refractivity contribution in [3.05, 3.63) is 83.4 Å². The lowest BCUT2D eigenvalue weighted by atomic mass is 10.1. The molecule has 1 aromatic heterocycles. The van der Waals surface area contributed by atoms with E-state index in [-0.39, 0.29) is 16.1 Å². The normalized spacial score (nSPS) is 11.0. The first kappa shape index (κ1) is 16.7. The average molecular weight is 355 g/mol. The maximum atomic E-state index is 14.0. The van der Waals surface area contributed by atoms with Crippen molar-refractivity contribution in [3.63, 3.8) is 0 Å². The highest BCUT2D eigenvalue weighted by atomic mass is 32.2. The molecule has 3 aromatic rings. The molecule has 25 heavy (non-hydrogen) atoms. The molecule has 0 saturated heterocycles. The standard InChI is InChI=1S/C18H14FN3O2S/c19-16-9-14(10-20)6-7-17(16)22-25(23,24)18-12-21-11-15(18)8-13-4-2-1-3-5-13/h1-7,9,11-12,21-22H,8H2. The number of hydrogen-bond acceptors (Lipinski definition) is 3. The average Bonchev–Trinajstić information content (AvgIpc) is 3.06. The van der Waals surface area contributed by atoms with E-state index in [1.54, 1.807) is 12.3 Å². The van der Waals surface area contributed by atoms with E-state index in [0.29, 0.717) is 12.0 Å². The van der Waals surface area contributed by atoms with Crippen LogP contribution in [0.3, 0.4) is 0 Å². The van der Waals surface area contributed by atoms with E-state index in [9.17, 15) is 12.8 Å². The summed E-state index contributed by atoms with van der Waals surface area (Å²) in [5.41, 5.74) is 1.45. The van der Waals surface area contributed by atoms with Gasteiger partial charge in [-0.05, 0) is 29.3 Å². The van der Waals surface area contributed by atoms with Crippen LogP contribution < -0.4 is 4.72 Å². The lowest BCUT2D eigenvalue weighted by molar-refractivity contribution is 0.598. The van der Waals surface area contributed by atoms with E-state index in [2.05, 4.69) is 9.71 Å². The van der Waals surface area contributed by atoms with Gasteiger partial charge in [0.25, 0.3) is 10.0 Å². The van der Waals surface area contributed by atoms with Gasteiger partial charge in [-0.25, -0.2) is 12.8 Å². The minimum atomic E-state index is -3.97. The number of aromatic amines is 1. The second-order valence-corrected chi connectivity index (χ2v) is 7.07. The molecule has 0 aliphatic heterocycles. The summed E-state index contributed by atoms with van der Waals surface area (Å²) >= 11 is 0. The SMILES string of the molecule is N#Cc1ccc(NS(=O)(=O)c2c[nH]cc2Cc2ccccc2)c(F)c1. The number of aromatic nitrogens is 1. The number of rotatable bonds is 5. The van der Waals surface area contributed by atoms with Gasteiger partial charge in [-0.15, -0.1) is 0 Å². The molecule has 1 heterocycles. The molecular weight excluding hydrogens is 341 g/mol. The van der Waals surface area contributed by atoms with Crippen molar-refractivity contribution in [2.75, 3.05) is 4.72 Å². The molecule has 126 valence electrons. The first-order valence-corrected chi connectivity index (χ1v) is 8.90. The van der Waals surface area contributed by atoms with E-state index in [0.717, 1.165) is 11.6 Å². The summed E-state index contributed by atoms with van der Waals surface area (Å²) in [4.78, 5) is 2.84. The molecule has 5 nitrogen and oxygen atoms in total. The number of nitriles is 1. The van der Waals surface area contributed by atoms with Gasteiger partial charge in [0.05, 0.1) is 17.3 Å². The highest BCUT2D eigenvalue weighted by Gasteiger charge is 2.21. The monoisotopic (exact) mass is 355 g/mol. The van der Waals surface area contributed by atoms with E-state index < -0.39 is 15.8 Å². The fourth-order valence-electron chi connectivity index (χ4n) is 2.45. The van der Waals surface area contributed by atoms with Gasteiger partial charge in [0.2, 0.25) is 0 Å². The van der Waals surface area contributed by atoms with E-state index in [1.165, 1.54) is 18.3 Å². The third kappa shape index (κ3) is 3.70. The number of halogens is 1. The Balaban J connectivity index is 1.89. The number of nitrogens with one attached hydrogen (secondary N) is 2. The Morgan fingerprint density at radius 3 is 2.56 bits per heavy atom. The number of H-pyrrole nitrogens is 1. The number of anilines is 1. The van der Waals surface area contributed by atoms with Gasteiger partial charge in [0, 0.05) is 18.8 Å². The van der Waals surface area contributed by atoms with Crippen LogP contribution >= 0.6 is 0 Å². The van der Waals surface area contributed by atoms with Gasteiger partial charge in [-0.1, -0.05) is 30.3 Å². The van der Waals surface area contributed by atoms with Gasteiger partial charge in [0.15, 0.2) is 0 Å². The number of nitrogens with zero attached hydrogens (tertiary/aromatic N) is 1. The Morgan fingerprint density at radius 1 is 1.12 bits per heavy atom. The molecule has 0 radical (unpaired) electrons. The summed E-state index contributed by atoms with van der Waals surface area (Å²) in [6.45, 7) is 0. The predicted octanol–water partition coefficient (Wildman–Crippen LogP) is 3.42. The zero-order valence-electron chi connectivity index (χ0n) is 13.0. The molecule has 0 atom stereocenters. The molecule has 7 heteroatoms. The number of hydrogen-bond donors (Lipinski definition) is 2. The van der Waals surface area contributed by atoms with Crippen LogP contribution in [-0.2, 0) is 16.4 Å². The van der Waals surface area contributed by atoms with Crippen molar-refractivity contribution in [1.82, 2.24) is 4.98 Å². The Labute approximate surface area is 144 Å². The third-order valence-corrected chi connectivity index (χ3v) is 5.11. The summed E-state index contributed by atoms with van der Waals surface area (Å²) in [6, 6.07) is 14.8. The predicted molar refractivity (Wildman–Crippen MR) is 92.0 cm³/mol. The summed E-state index contributed by atoms with van der Waals surface area (Å²) in [7, 11) is -3.97. The van der Waals surface area contributed by atoms with E-state index >= 15 is 0 Å². The van der Waals surface area contributed by atoms with Gasteiger partial charge in [-0.3, -0.25) is 4.72 Å². The zero-order chi connectivity index (χ0) is 17.9. The third-order valence-electron chi connectivity index (χ3n) is 3.66. The van der Waals surface area contributed by atoms with Crippen LogP contribution in [0.25, 0.3) is 0 Å². The second kappa shape index (κ2) is 6.79. The maximum Gasteiger partial charge on any atom is 0.263 e. The van der Waals surface area contributed by atoms with Crippen LogP contribution in [0.15, 0.2) is 65.8 Å². The first-order chi connectivity index (χ1) is 12.0. The van der Waals surface area contributed by atoms with Crippen molar-refractivity contribution >= 4 is 15.7 Å². The molecule has 0 amide bonds. The number of benzene rings is 2. The molecular formula is C18H14FN3O2S. The van der Waals surface area contributed by atoms with Crippen LogP contribution in [0.2, 0.25) is 0 Å². The Bertz CT molecular complexity index is 1040. The number of sulfonamides is 1. The molecule has 0 saturated carbocycles. The van der Waals surface area contributed by atoms with Crippen molar-refractivity contribution < 1.29 is 12.8 Å². The lowest BCUT2D eigenvalue weighted by Crippen LogP contribution is -2.15. The summed E-state index contributed by atoms with van der Waals surface area (Å²) in [5.74, 6) is -0.803. The highest BCUT2D eigenvalue weighted by molar-refractivity contribution is 7.92. The maximum absolute atomic E-state index is 14.0. The topological polar surface area (TPSA) is 85.8 Å². The molecule has 2 aromatic carbocycles.